The molecular weight excluding hydrogens is 297 g/mol. The molecule has 0 aliphatic heterocycles. The first-order chi connectivity index (χ1) is 11.0. The van der Waals surface area contributed by atoms with Gasteiger partial charge in [-0.1, -0.05) is 24.0 Å². The molecule has 0 radical (unpaired) electrons. The van der Waals surface area contributed by atoms with Gasteiger partial charge in [0, 0.05) is 12.1 Å². The molecule has 0 spiro atoms. The fourth-order valence-electron chi connectivity index (χ4n) is 1.83. The third-order valence-electron chi connectivity index (χ3n) is 2.99. The van der Waals surface area contributed by atoms with Crippen LogP contribution >= 0.6 is 0 Å². The average Bonchev–Trinajstić information content (AvgIpc) is 2.53. The number of nitrogen functional groups attached to an aromatic ring is 1. The quantitative estimate of drug-likeness (QED) is 0.500. The van der Waals surface area contributed by atoms with Crippen LogP contribution in [0.25, 0.3) is 11.3 Å². The molecule has 6 nitrogen and oxygen atoms in total. The highest BCUT2D eigenvalue weighted by molar-refractivity contribution is 5.69. The normalized spacial score (nSPS) is 11.4. The Kier molecular flexibility index (Phi) is 5.12. The summed E-state index contributed by atoms with van der Waals surface area (Å²) < 4.78 is 13.2. The van der Waals surface area contributed by atoms with Gasteiger partial charge >= 0.3 is 0 Å². The number of nitrogens with zero attached hydrogens (tertiary/aromatic N) is 2. The van der Waals surface area contributed by atoms with Crippen molar-refractivity contribution in [2.45, 2.75) is 0 Å². The molecule has 23 heavy (non-hydrogen) atoms. The van der Waals surface area contributed by atoms with Crippen molar-refractivity contribution >= 4 is 5.82 Å². The smallest absolute Gasteiger partial charge is 0.197 e. The topological polar surface area (TPSA) is 110 Å². The Balaban J connectivity index is 2.44. The van der Waals surface area contributed by atoms with E-state index >= 15 is 0 Å². The van der Waals surface area contributed by atoms with Crippen LogP contribution in [0.3, 0.4) is 0 Å². The molecule has 7 heteroatoms. The molecule has 1 heterocycles. The molecular formula is C16H16FN5O. The first kappa shape index (κ1) is 16.3. The molecule has 0 saturated carbocycles. The lowest BCUT2D eigenvalue weighted by molar-refractivity contribution is 0.477. The maximum Gasteiger partial charge on any atom is 0.197 e. The number of rotatable bonds is 3. The number of para-hydroxylation sites is 1. The van der Waals surface area contributed by atoms with Gasteiger partial charge < -0.3 is 21.9 Å². The van der Waals surface area contributed by atoms with E-state index in [0.717, 1.165) is 0 Å². The number of aromatic hydroxyl groups is 1. The number of likely N-dealkylation sites (N-methyl/N-ethyl adjacent to an activating group) is 1. The summed E-state index contributed by atoms with van der Waals surface area (Å²) >= 11 is 0. The number of hydrogen-bond acceptors (Lipinski definition) is 6. The second-order valence-corrected chi connectivity index (χ2v) is 4.65. The summed E-state index contributed by atoms with van der Waals surface area (Å²) in [6.07, 6.45) is 0. The number of phenolic OH excluding ortho intramolecular Hbond substituents is 1. The number of aromatic nitrogens is 2. The van der Waals surface area contributed by atoms with Crippen LogP contribution in [0.1, 0.15) is 5.56 Å². The van der Waals surface area contributed by atoms with Gasteiger partial charge in [-0.25, -0.2) is 0 Å². The second-order valence-electron chi connectivity index (χ2n) is 4.65. The summed E-state index contributed by atoms with van der Waals surface area (Å²) in [7, 11) is 1.66. The molecule has 6 N–H and O–H groups in total. The summed E-state index contributed by atoms with van der Waals surface area (Å²) in [5.41, 5.74) is 12.3. The third-order valence-corrected chi connectivity index (χ3v) is 2.99. The molecule has 2 rings (SSSR count). The molecule has 0 atom stereocenters. The van der Waals surface area contributed by atoms with E-state index in [4.69, 9.17) is 11.5 Å². The van der Waals surface area contributed by atoms with Crippen LogP contribution in [0.15, 0.2) is 41.9 Å². The van der Waals surface area contributed by atoms with E-state index in [1.165, 1.54) is 6.07 Å². The van der Waals surface area contributed by atoms with Gasteiger partial charge in [-0.2, -0.15) is 4.39 Å². The van der Waals surface area contributed by atoms with Crippen LogP contribution in [0.5, 0.6) is 5.75 Å². The lowest BCUT2D eigenvalue weighted by Gasteiger charge is -2.04. The molecule has 1 aromatic heterocycles. The van der Waals surface area contributed by atoms with Crippen LogP contribution < -0.4 is 16.8 Å². The van der Waals surface area contributed by atoms with Gasteiger partial charge in [-0.15, -0.1) is 10.2 Å². The lowest BCUT2D eigenvalue weighted by atomic mass is 10.1. The van der Waals surface area contributed by atoms with Crippen molar-refractivity contribution in [3.63, 3.8) is 0 Å². The molecule has 1 aromatic carbocycles. The van der Waals surface area contributed by atoms with Crippen molar-refractivity contribution in [1.82, 2.24) is 15.5 Å². The summed E-state index contributed by atoms with van der Waals surface area (Å²) in [5, 5.41) is 20.4. The molecule has 0 bridgehead atoms. The summed E-state index contributed by atoms with van der Waals surface area (Å²) in [4.78, 5) is 0. The van der Waals surface area contributed by atoms with Gasteiger partial charge in [0.05, 0.1) is 16.8 Å². The van der Waals surface area contributed by atoms with Gasteiger partial charge in [-0.3, -0.25) is 0 Å². The Bertz CT molecular complexity index is 804. The molecule has 2 aromatic rings. The number of nitrogens with two attached hydrogens (primary N) is 2. The van der Waals surface area contributed by atoms with Crippen LogP contribution in [-0.2, 0) is 0 Å². The van der Waals surface area contributed by atoms with E-state index < -0.39 is 5.95 Å². The van der Waals surface area contributed by atoms with Crippen molar-refractivity contribution in [2.24, 2.45) is 5.73 Å². The van der Waals surface area contributed by atoms with Crippen LogP contribution in [0, 0.1) is 11.8 Å². The van der Waals surface area contributed by atoms with E-state index in [2.05, 4.69) is 27.4 Å². The zero-order valence-electron chi connectivity index (χ0n) is 12.5. The van der Waals surface area contributed by atoms with Crippen molar-refractivity contribution in [1.29, 1.82) is 0 Å². The molecule has 0 saturated heterocycles. The fourth-order valence-corrected chi connectivity index (χ4v) is 1.83. The summed E-state index contributed by atoms with van der Waals surface area (Å²) in [5.74, 6) is 4.68. The Morgan fingerprint density at radius 2 is 2.09 bits per heavy atom. The molecule has 0 unspecified atom stereocenters. The molecule has 0 fully saturated rings. The number of benzene rings is 1. The molecule has 0 amide bonds. The van der Waals surface area contributed by atoms with E-state index in [1.54, 1.807) is 31.3 Å². The maximum atomic E-state index is 13.2. The van der Waals surface area contributed by atoms with Crippen LogP contribution in [0.2, 0.25) is 0 Å². The zero-order valence-corrected chi connectivity index (χ0v) is 12.5. The minimum Gasteiger partial charge on any atom is -0.507 e. The second kappa shape index (κ2) is 7.24. The van der Waals surface area contributed by atoms with Crippen molar-refractivity contribution < 1.29 is 9.50 Å². The first-order valence-corrected chi connectivity index (χ1v) is 6.75. The van der Waals surface area contributed by atoms with E-state index in [9.17, 15) is 9.50 Å². The highest BCUT2D eigenvalue weighted by Crippen LogP contribution is 2.27. The highest BCUT2D eigenvalue weighted by Gasteiger charge is 2.08. The number of phenols is 1. The van der Waals surface area contributed by atoms with E-state index in [1.807, 2.05) is 0 Å². The van der Waals surface area contributed by atoms with E-state index in [-0.39, 0.29) is 23.7 Å². The van der Waals surface area contributed by atoms with E-state index in [0.29, 0.717) is 16.8 Å². The number of hydrogen-bond donors (Lipinski definition) is 4. The van der Waals surface area contributed by atoms with Gasteiger partial charge in [-0.05, 0) is 25.2 Å². The van der Waals surface area contributed by atoms with Crippen LogP contribution in [-0.4, -0.2) is 28.9 Å². The Morgan fingerprint density at radius 1 is 1.35 bits per heavy atom. The highest BCUT2D eigenvalue weighted by atomic mass is 19.1. The standard InChI is InChI=1S/C16H16FN5O/c1-20-9-11(15(17)18)7-6-10-8-13(21-22-16(10)19)12-4-2-3-5-14(12)23/h2-5,8,20,23H,9,18H2,1H3,(H2,19,22)/b15-11-. The molecule has 0 aliphatic rings. The Labute approximate surface area is 133 Å². The minimum atomic E-state index is -0.853. The molecule has 118 valence electrons. The monoisotopic (exact) mass is 313 g/mol. The molecule has 0 aliphatic carbocycles. The maximum absolute atomic E-state index is 13.2. The SMILES string of the molecule is CNC/C(C#Cc1cc(-c2ccccc2O)nnc1N)=C(\N)F. The predicted molar refractivity (Wildman–Crippen MR) is 86.7 cm³/mol. The first-order valence-electron chi connectivity index (χ1n) is 6.75. The Hall–Kier alpha value is -3.11. The van der Waals surface area contributed by atoms with Crippen molar-refractivity contribution in [3.05, 3.63) is 47.4 Å². The van der Waals surface area contributed by atoms with Gasteiger partial charge in [0.1, 0.15) is 5.75 Å². The third kappa shape index (κ3) is 3.96. The van der Waals surface area contributed by atoms with Crippen molar-refractivity contribution in [2.75, 3.05) is 19.3 Å². The van der Waals surface area contributed by atoms with Gasteiger partial charge in [0.25, 0.3) is 0 Å². The minimum absolute atomic E-state index is 0.0641. The van der Waals surface area contributed by atoms with Crippen molar-refractivity contribution in [3.8, 4) is 28.8 Å². The zero-order chi connectivity index (χ0) is 16.8. The Morgan fingerprint density at radius 3 is 2.74 bits per heavy atom. The van der Waals surface area contributed by atoms with Gasteiger partial charge in [0.15, 0.2) is 11.8 Å². The number of anilines is 1. The fraction of sp³-hybridized carbons (Fsp3) is 0.125. The van der Waals surface area contributed by atoms with Gasteiger partial charge in [0.2, 0.25) is 0 Å². The number of halogens is 1. The average molecular weight is 313 g/mol. The van der Waals surface area contributed by atoms with Crippen LogP contribution in [0.4, 0.5) is 10.2 Å². The number of nitrogens with one attached hydrogen (secondary N) is 1. The predicted octanol–water partition coefficient (Wildman–Crippen LogP) is 1.14. The summed E-state index contributed by atoms with van der Waals surface area (Å²) in [6, 6.07) is 8.27. The lowest BCUT2D eigenvalue weighted by Crippen LogP contribution is -2.13. The summed E-state index contributed by atoms with van der Waals surface area (Å²) in [6.45, 7) is 0.195. The largest absolute Gasteiger partial charge is 0.507 e.